The van der Waals surface area contributed by atoms with Crippen LogP contribution in [0.5, 0.6) is 34.5 Å². The fourth-order valence-electron chi connectivity index (χ4n) is 4.32. The first kappa shape index (κ1) is 15.3. The van der Waals surface area contributed by atoms with E-state index in [4.69, 9.17) is 28.4 Å². The Balaban J connectivity index is 1.26. The summed E-state index contributed by atoms with van der Waals surface area (Å²) in [5.74, 6) is 4.21. The lowest BCUT2D eigenvalue weighted by Crippen LogP contribution is -2.32. The predicted octanol–water partition coefficient (Wildman–Crippen LogP) is 2.62. The molecule has 0 saturated carbocycles. The minimum absolute atomic E-state index is 0.191. The molecule has 0 aliphatic carbocycles. The third kappa shape index (κ3) is 2.38. The van der Waals surface area contributed by atoms with E-state index in [-0.39, 0.29) is 37.5 Å². The standard InChI is InChI=1S/C20H18O7/c21-14-5-18-16(23-8-25-18)3-10(14)1-12-7-22-20-13(12)2-11-4-17-19(26-9-24-17)6-15(11)27-20/h3-6,12-13,20-21H,1-2,7-9H2/t12-,13+,20+/m0/s1. The van der Waals surface area contributed by atoms with Gasteiger partial charge in [-0.25, -0.2) is 0 Å². The Kier molecular flexibility index (Phi) is 3.17. The van der Waals surface area contributed by atoms with Gasteiger partial charge in [0.1, 0.15) is 11.5 Å². The van der Waals surface area contributed by atoms with Crippen LogP contribution >= 0.6 is 0 Å². The Labute approximate surface area is 155 Å². The van der Waals surface area contributed by atoms with Gasteiger partial charge in [0.2, 0.25) is 19.9 Å². The van der Waals surface area contributed by atoms with E-state index in [1.807, 2.05) is 18.2 Å². The van der Waals surface area contributed by atoms with Gasteiger partial charge in [-0.2, -0.15) is 0 Å². The third-order valence-corrected chi connectivity index (χ3v) is 5.74. The number of ether oxygens (including phenoxy) is 6. The monoisotopic (exact) mass is 370 g/mol. The molecule has 4 heterocycles. The highest BCUT2D eigenvalue weighted by molar-refractivity contribution is 5.53. The molecule has 0 spiro atoms. The minimum Gasteiger partial charge on any atom is -0.508 e. The zero-order chi connectivity index (χ0) is 18.0. The Bertz CT molecular complexity index is 925. The van der Waals surface area contributed by atoms with E-state index in [9.17, 15) is 5.11 Å². The first-order valence-corrected chi connectivity index (χ1v) is 9.07. The Hall–Kier alpha value is -2.80. The van der Waals surface area contributed by atoms with Crippen molar-refractivity contribution in [2.24, 2.45) is 11.8 Å². The minimum atomic E-state index is -0.279. The molecule has 0 amide bonds. The van der Waals surface area contributed by atoms with E-state index in [0.717, 1.165) is 29.0 Å². The Morgan fingerprint density at radius 3 is 2.37 bits per heavy atom. The van der Waals surface area contributed by atoms with Crippen LogP contribution < -0.4 is 23.7 Å². The fraction of sp³-hybridized carbons (Fsp3) is 0.400. The van der Waals surface area contributed by atoms with E-state index in [1.165, 1.54) is 0 Å². The van der Waals surface area contributed by atoms with Gasteiger partial charge in [-0.15, -0.1) is 0 Å². The average molecular weight is 370 g/mol. The molecule has 0 radical (unpaired) electrons. The topological polar surface area (TPSA) is 75.6 Å². The third-order valence-electron chi connectivity index (χ3n) is 5.74. The van der Waals surface area contributed by atoms with Crippen LogP contribution in [0.15, 0.2) is 24.3 Å². The van der Waals surface area contributed by atoms with Gasteiger partial charge >= 0.3 is 0 Å². The highest BCUT2D eigenvalue weighted by Crippen LogP contribution is 2.46. The molecule has 1 saturated heterocycles. The lowest BCUT2D eigenvalue weighted by atomic mass is 9.83. The molecule has 0 unspecified atom stereocenters. The maximum atomic E-state index is 10.4. The van der Waals surface area contributed by atoms with Crippen molar-refractivity contribution < 1.29 is 33.5 Å². The molecule has 7 heteroatoms. The second-order valence-electron chi connectivity index (χ2n) is 7.30. The van der Waals surface area contributed by atoms with E-state index < -0.39 is 0 Å². The number of benzene rings is 2. The number of phenols is 1. The van der Waals surface area contributed by atoms with Crippen molar-refractivity contribution in [3.63, 3.8) is 0 Å². The van der Waals surface area contributed by atoms with Gasteiger partial charge in [0.25, 0.3) is 0 Å². The maximum Gasteiger partial charge on any atom is 0.231 e. The van der Waals surface area contributed by atoms with Crippen molar-refractivity contribution >= 4 is 0 Å². The summed E-state index contributed by atoms with van der Waals surface area (Å²) in [5.41, 5.74) is 1.94. The summed E-state index contributed by atoms with van der Waals surface area (Å²) >= 11 is 0. The van der Waals surface area contributed by atoms with Crippen molar-refractivity contribution in [2.45, 2.75) is 19.1 Å². The summed E-state index contributed by atoms with van der Waals surface area (Å²) < 4.78 is 33.7. The molecule has 0 aromatic heterocycles. The summed E-state index contributed by atoms with van der Waals surface area (Å²) in [4.78, 5) is 0. The zero-order valence-electron chi connectivity index (χ0n) is 14.5. The van der Waals surface area contributed by atoms with E-state index in [1.54, 1.807) is 6.07 Å². The lowest BCUT2D eigenvalue weighted by molar-refractivity contribution is -0.0701. The summed E-state index contributed by atoms with van der Waals surface area (Å²) in [6.07, 6.45) is 1.25. The summed E-state index contributed by atoms with van der Waals surface area (Å²) in [5, 5.41) is 10.4. The van der Waals surface area contributed by atoms with Crippen LogP contribution in [0, 0.1) is 11.8 Å². The van der Waals surface area contributed by atoms with Gasteiger partial charge in [0.15, 0.2) is 23.0 Å². The summed E-state index contributed by atoms with van der Waals surface area (Å²) in [6.45, 7) is 1.02. The predicted molar refractivity (Wildman–Crippen MR) is 91.6 cm³/mol. The molecular formula is C20H18O7. The number of phenolic OH excluding ortho intramolecular Hbond substituents is 1. The second kappa shape index (κ2) is 5.60. The number of fused-ring (bicyclic) bond motifs is 4. The highest BCUT2D eigenvalue weighted by atomic mass is 16.7. The summed E-state index contributed by atoms with van der Waals surface area (Å²) in [7, 11) is 0. The average Bonchev–Trinajstić information content (AvgIpc) is 3.38. The van der Waals surface area contributed by atoms with Gasteiger partial charge in [-0.05, 0) is 42.0 Å². The second-order valence-corrected chi connectivity index (χ2v) is 7.30. The van der Waals surface area contributed by atoms with E-state index >= 15 is 0 Å². The van der Waals surface area contributed by atoms with Crippen LogP contribution in [-0.4, -0.2) is 31.6 Å². The molecule has 0 bridgehead atoms. The maximum absolute atomic E-state index is 10.4. The molecule has 140 valence electrons. The molecule has 2 aromatic rings. The number of hydrogen-bond donors (Lipinski definition) is 1. The normalized spacial score (nSPS) is 26.4. The molecular weight excluding hydrogens is 352 g/mol. The Morgan fingerprint density at radius 2 is 1.56 bits per heavy atom. The van der Waals surface area contributed by atoms with Crippen LogP contribution in [0.4, 0.5) is 0 Å². The van der Waals surface area contributed by atoms with Gasteiger partial charge in [0, 0.05) is 18.1 Å². The van der Waals surface area contributed by atoms with Crippen LogP contribution in [0.1, 0.15) is 11.1 Å². The SMILES string of the molecule is Oc1cc2c(cc1C[C@H]1CO[C@@H]3Oc4cc5c(cc4C[C@H]13)OCO5)OCO2. The van der Waals surface area contributed by atoms with Crippen molar-refractivity contribution in [1.82, 2.24) is 0 Å². The van der Waals surface area contributed by atoms with Crippen molar-refractivity contribution in [1.29, 1.82) is 0 Å². The van der Waals surface area contributed by atoms with E-state index in [2.05, 4.69) is 0 Å². The molecule has 4 aliphatic rings. The molecule has 27 heavy (non-hydrogen) atoms. The molecule has 1 fully saturated rings. The van der Waals surface area contributed by atoms with Gasteiger partial charge in [0.05, 0.1) is 6.61 Å². The molecule has 4 aliphatic heterocycles. The van der Waals surface area contributed by atoms with Gasteiger partial charge in [-0.1, -0.05) is 0 Å². The molecule has 6 rings (SSSR count). The van der Waals surface area contributed by atoms with Crippen molar-refractivity contribution in [2.75, 3.05) is 20.2 Å². The Morgan fingerprint density at radius 1 is 0.852 bits per heavy atom. The van der Waals surface area contributed by atoms with Crippen LogP contribution in [-0.2, 0) is 17.6 Å². The molecule has 2 aromatic carbocycles. The quantitative estimate of drug-likeness (QED) is 0.871. The van der Waals surface area contributed by atoms with Crippen molar-refractivity contribution in [3.05, 3.63) is 35.4 Å². The first-order valence-electron chi connectivity index (χ1n) is 9.07. The largest absolute Gasteiger partial charge is 0.508 e. The number of rotatable bonds is 2. The smallest absolute Gasteiger partial charge is 0.231 e. The van der Waals surface area contributed by atoms with E-state index in [0.29, 0.717) is 30.3 Å². The van der Waals surface area contributed by atoms with Crippen molar-refractivity contribution in [3.8, 4) is 34.5 Å². The van der Waals surface area contributed by atoms with Crippen LogP contribution in [0.2, 0.25) is 0 Å². The van der Waals surface area contributed by atoms with Gasteiger partial charge < -0.3 is 33.5 Å². The van der Waals surface area contributed by atoms with Crippen LogP contribution in [0.3, 0.4) is 0 Å². The highest BCUT2D eigenvalue weighted by Gasteiger charge is 2.43. The molecule has 1 N–H and O–H groups in total. The van der Waals surface area contributed by atoms with Gasteiger partial charge in [-0.3, -0.25) is 0 Å². The lowest BCUT2D eigenvalue weighted by Gasteiger charge is -2.30. The molecule has 3 atom stereocenters. The number of aromatic hydroxyl groups is 1. The van der Waals surface area contributed by atoms with Crippen LogP contribution in [0.25, 0.3) is 0 Å². The fourth-order valence-corrected chi connectivity index (χ4v) is 4.32. The first-order chi connectivity index (χ1) is 13.2. The zero-order valence-corrected chi connectivity index (χ0v) is 14.5. The number of hydrogen-bond acceptors (Lipinski definition) is 7. The summed E-state index contributed by atoms with van der Waals surface area (Å²) in [6, 6.07) is 7.37. The molecule has 7 nitrogen and oxygen atoms in total.